The van der Waals surface area contributed by atoms with Crippen LogP contribution in [-0.2, 0) is 0 Å². The van der Waals surface area contributed by atoms with E-state index in [1.807, 2.05) is 30.3 Å². The third kappa shape index (κ3) is 5.21. The molecule has 8 heteroatoms. The highest BCUT2D eigenvalue weighted by atomic mass is 16.5. The summed E-state index contributed by atoms with van der Waals surface area (Å²) in [6.07, 6.45) is 9.21. The van der Waals surface area contributed by atoms with Crippen molar-refractivity contribution in [2.45, 2.75) is 37.8 Å². The van der Waals surface area contributed by atoms with Crippen LogP contribution in [0.2, 0.25) is 0 Å². The van der Waals surface area contributed by atoms with Crippen LogP contribution in [0, 0.1) is 0 Å². The zero-order valence-corrected chi connectivity index (χ0v) is 17.7. The summed E-state index contributed by atoms with van der Waals surface area (Å²) in [5.74, 6) is 2.99. The average molecular weight is 422 g/mol. The molecule has 2 unspecified atom stereocenters. The van der Waals surface area contributed by atoms with E-state index in [4.69, 9.17) is 19.9 Å². The maximum absolute atomic E-state index is 6.16. The van der Waals surface area contributed by atoms with Crippen molar-refractivity contribution in [1.82, 2.24) is 15.0 Å². The van der Waals surface area contributed by atoms with Gasteiger partial charge >= 0.3 is 0 Å². The Balaban J connectivity index is 1.65. The van der Waals surface area contributed by atoms with E-state index < -0.39 is 0 Å². The number of nitrogens with zero attached hydrogens (tertiary/aromatic N) is 3. The van der Waals surface area contributed by atoms with Crippen molar-refractivity contribution in [2.75, 3.05) is 19.5 Å². The summed E-state index contributed by atoms with van der Waals surface area (Å²) in [6, 6.07) is 9.68. The number of pyridine rings is 1. The Labute approximate surface area is 181 Å². The summed E-state index contributed by atoms with van der Waals surface area (Å²) in [4.78, 5) is 13.4. The quantitative estimate of drug-likeness (QED) is 0.589. The molecule has 162 valence electrons. The molecule has 1 saturated carbocycles. The normalized spacial score (nSPS) is 18.3. The minimum atomic E-state index is 0.209. The predicted molar refractivity (Wildman–Crippen MR) is 119 cm³/mol. The van der Waals surface area contributed by atoms with Gasteiger partial charge in [-0.2, -0.15) is 4.98 Å². The summed E-state index contributed by atoms with van der Waals surface area (Å²) in [5.41, 5.74) is 7.63. The van der Waals surface area contributed by atoms with Crippen LogP contribution in [0.4, 0.5) is 5.69 Å². The topological polar surface area (TPSA) is 104 Å². The van der Waals surface area contributed by atoms with Crippen molar-refractivity contribution < 1.29 is 14.2 Å². The van der Waals surface area contributed by atoms with E-state index in [1.165, 1.54) is 0 Å². The van der Waals surface area contributed by atoms with Gasteiger partial charge in [0.15, 0.2) is 5.82 Å². The molecule has 0 radical (unpaired) electrons. The molecule has 3 N–H and O–H groups in total. The average Bonchev–Trinajstić information content (AvgIpc) is 2.81. The number of hydrogen-bond acceptors (Lipinski definition) is 8. The molecule has 2 aromatic heterocycles. The van der Waals surface area contributed by atoms with Crippen molar-refractivity contribution in [3.8, 4) is 34.5 Å². The first-order chi connectivity index (χ1) is 15.1. The predicted octanol–water partition coefficient (Wildman–Crippen LogP) is 4.03. The van der Waals surface area contributed by atoms with Crippen LogP contribution >= 0.6 is 0 Å². The zero-order chi connectivity index (χ0) is 21.6. The molecule has 8 nitrogen and oxygen atoms in total. The monoisotopic (exact) mass is 421 g/mol. The molecule has 0 bridgehead atoms. The Morgan fingerprint density at radius 2 is 1.74 bits per heavy atom. The minimum absolute atomic E-state index is 0.209. The molecule has 1 aromatic carbocycles. The molecule has 1 aliphatic rings. The zero-order valence-electron chi connectivity index (χ0n) is 17.7. The number of benzene rings is 1. The van der Waals surface area contributed by atoms with E-state index >= 15 is 0 Å². The highest BCUT2D eigenvalue weighted by molar-refractivity contribution is 5.61. The lowest BCUT2D eigenvalue weighted by molar-refractivity contribution is 0.405. The van der Waals surface area contributed by atoms with E-state index in [-0.39, 0.29) is 12.1 Å². The van der Waals surface area contributed by atoms with E-state index in [2.05, 4.69) is 20.3 Å². The van der Waals surface area contributed by atoms with E-state index in [1.54, 1.807) is 32.8 Å². The van der Waals surface area contributed by atoms with Crippen LogP contribution in [0.3, 0.4) is 0 Å². The lowest BCUT2D eigenvalue weighted by Gasteiger charge is -2.28. The Hall–Kier alpha value is -3.39. The fourth-order valence-electron chi connectivity index (χ4n) is 3.67. The molecule has 0 saturated heterocycles. The Morgan fingerprint density at radius 1 is 0.968 bits per heavy atom. The van der Waals surface area contributed by atoms with Crippen LogP contribution in [0.25, 0.3) is 11.4 Å². The standard InChI is InChI=1S/C23H27N5O3/c1-29-18-6-8-19(9-7-18)31-23-21(27-17-5-3-4-16(24)11-17)14-26-22(28-23)15-10-20(30-2)13-25-12-15/h6-10,12-14,16-17,27H,3-5,11,24H2,1-2H3. The fraction of sp³-hybridized carbons (Fsp3) is 0.348. The van der Waals surface area contributed by atoms with Gasteiger partial charge in [-0.3, -0.25) is 4.98 Å². The third-order valence-corrected chi connectivity index (χ3v) is 5.31. The van der Waals surface area contributed by atoms with Crippen molar-refractivity contribution in [3.63, 3.8) is 0 Å². The van der Waals surface area contributed by atoms with Crippen molar-refractivity contribution in [2.24, 2.45) is 5.73 Å². The van der Waals surface area contributed by atoms with Gasteiger partial charge in [0, 0.05) is 23.8 Å². The first kappa shape index (κ1) is 20.9. The third-order valence-electron chi connectivity index (χ3n) is 5.31. The lowest BCUT2D eigenvalue weighted by atomic mass is 9.91. The first-order valence-electron chi connectivity index (χ1n) is 10.3. The van der Waals surface area contributed by atoms with Crippen LogP contribution in [-0.4, -0.2) is 41.3 Å². The van der Waals surface area contributed by atoms with Gasteiger partial charge in [0.1, 0.15) is 22.9 Å². The molecule has 1 fully saturated rings. The second-order valence-electron chi connectivity index (χ2n) is 7.57. The van der Waals surface area contributed by atoms with Gasteiger partial charge in [-0.15, -0.1) is 0 Å². The molecule has 2 heterocycles. The minimum Gasteiger partial charge on any atom is -0.497 e. The molecule has 31 heavy (non-hydrogen) atoms. The van der Waals surface area contributed by atoms with Crippen LogP contribution < -0.4 is 25.3 Å². The van der Waals surface area contributed by atoms with E-state index in [0.29, 0.717) is 23.2 Å². The van der Waals surface area contributed by atoms with Crippen LogP contribution in [0.15, 0.2) is 48.9 Å². The molecule has 1 aliphatic carbocycles. The molecule has 0 amide bonds. The van der Waals surface area contributed by atoms with Gasteiger partial charge in [0.2, 0.25) is 5.88 Å². The Kier molecular flexibility index (Phi) is 6.47. The maximum Gasteiger partial charge on any atom is 0.246 e. The van der Waals surface area contributed by atoms with Gasteiger partial charge in [-0.05, 0) is 56.0 Å². The number of nitrogens with one attached hydrogen (secondary N) is 1. The van der Waals surface area contributed by atoms with E-state index in [0.717, 1.165) is 42.7 Å². The maximum atomic E-state index is 6.16. The number of aromatic nitrogens is 3. The molecule has 0 spiro atoms. The van der Waals surface area contributed by atoms with Crippen molar-refractivity contribution >= 4 is 5.69 Å². The second-order valence-corrected chi connectivity index (χ2v) is 7.57. The molecule has 2 atom stereocenters. The number of hydrogen-bond donors (Lipinski definition) is 2. The second kappa shape index (κ2) is 9.61. The molecule has 4 rings (SSSR count). The number of methoxy groups -OCH3 is 2. The van der Waals surface area contributed by atoms with Gasteiger partial charge in [-0.1, -0.05) is 0 Å². The van der Waals surface area contributed by atoms with Gasteiger partial charge in [0.25, 0.3) is 0 Å². The summed E-state index contributed by atoms with van der Waals surface area (Å²) in [5, 5.41) is 3.53. The lowest BCUT2D eigenvalue weighted by Crippen LogP contribution is -2.35. The number of anilines is 1. The molecule has 3 aromatic rings. The summed E-state index contributed by atoms with van der Waals surface area (Å²) >= 11 is 0. The largest absolute Gasteiger partial charge is 0.497 e. The van der Waals surface area contributed by atoms with Crippen molar-refractivity contribution in [1.29, 1.82) is 0 Å². The number of ether oxygens (including phenoxy) is 3. The number of rotatable bonds is 7. The molecule has 0 aliphatic heterocycles. The van der Waals surface area contributed by atoms with Crippen molar-refractivity contribution in [3.05, 3.63) is 48.9 Å². The highest BCUT2D eigenvalue weighted by Crippen LogP contribution is 2.32. The van der Waals surface area contributed by atoms with Crippen LogP contribution in [0.5, 0.6) is 23.1 Å². The summed E-state index contributed by atoms with van der Waals surface area (Å²) < 4.78 is 16.6. The smallest absolute Gasteiger partial charge is 0.246 e. The molecular weight excluding hydrogens is 394 g/mol. The van der Waals surface area contributed by atoms with Gasteiger partial charge in [0.05, 0.1) is 26.6 Å². The summed E-state index contributed by atoms with van der Waals surface area (Å²) in [6.45, 7) is 0. The Bertz CT molecular complexity index is 1010. The van der Waals surface area contributed by atoms with E-state index in [9.17, 15) is 0 Å². The first-order valence-corrected chi connectivity index (χ1v) is 10.3. The summed E-state index contributed by atoms with van der Waals surface area (Å²) in [7, 11) is 3.23. The molecular formula is C23H27N5O3. The highest BCUT2D eigenvalue weighted by Gasteiger charge is 2.21. The fourth-order valence-corrected chi connectivity index (χ4v) is 3.67. The van der Waals surface area contributed by atoms with Crippen LogP contribution in [0.1, 0.15) is 25.7 Å². The number of nitrogens with two attached hydrogens (primary N) is 1. The van der Waals surface area contributed by atoms with Gasteiger partial charge in [-0.25, -0.2) is 4.98 Å². The van der Waals surface area contributed by atoms with Gasteiger partial charge < -0.3 is 25.3 Å². The SMILES string of the molecule is COc1ccc(Oc2nc(-c3cncc(OC)c3)ncc2NC2CCCC(N)C2)cc1. The Morgan fingerprint density at radius 3 is 2.48 bits per heavy atom.